The summed E-state index contributed by atoms with van der Waals surface area (Å²) in [7, 11) is -2.39. The first-order valence-corrected chi connectivity index (χ1v) is 12.7. The number of piperidine rings is 1. The number of likely N-dealkylation sites (tertiary alicyclic amines) is 1. The fourth-order valence-electron chi connectivity index (χ4n) is 4.19. The van der Waals surface area contributed by atoms with Crippen LogP contribution in [-0.2, 0) is 24.1 Å². The molecule has 1 fully saturated rings. The summed E-state index contributed by atoms with van der Waals surface area (Å²) in [6.07, 6.45) is 0.320. The summed E-state index contributed by atoms with van der Waals surface area (Å²) < 4.78 is 52.7. The largest absolute Gasteiger partial charge is 0.465 e. The van der Waals surface area contributed by atoms with Crippen molar-refractivity contribution in [3.63, 3.8) is 0 Å². The number of rotatable bonds is 9. The van der Waals surface area contributed by atoms with E-state index in [-0.39, 0.29) is 31.1 Å². The third-order valence-corrected chi connectivity index (χ3v) is 8.65. The number of sulfone groups is 1. The van der Waals surface area contributed by atoms with E-state index in [9.17, 15) is 13.2 Å². The zero-order valence-electron chi connectivity index (χ0n) is 19.3. The summed E-state index contributed by atoms with van der Waals surface area (Å²) in [5.74, 6) is 1.53. The highest BCUT2D eigenvalue weighted by Crippen LogP contribution is 2.39. The van der Waals surface area contributed by atoms with Crippen molar-refractivity contribution in [2.75, 3.05) is 46.8 Å². The van der Waals surface area contributed by atoms with Crippen molar-refractivity contribution >= 4 is 15.8 Å². The Kier molecular flexibility index (Phi) is 7.30. The molecule has 2 aliphatic heterocycles. The van der Waals surface area contributed by atoms with Gasteiger partial charge in [0.2, 0.25) is 6.79 Å². The van der Waals surface area contributed by atoms with Crippen LogP contribution in [0.5, 0.6) is 23.0 Å². The summed E-state index contributed by atoms with van der Waals surface area (Å²) >= 11 is 0. The van der Waals surface area contributed by atoms with Crippen LogP contribution in [0.25, 0.3) is 0 Å². The van der Waals surface area contributed by atoms with Gasteiger partial charge in [-0.25, -0.2) is 8.42 Å². The molecule has 184 valence electrons. The van der Waals surface area contributed by atoms with Crippen LogP contribution in [0.4, 0.5) is 0 Å². The fourth-order valence-corrected chi connectivity index (χ4v) is 6.14. The molecule has 0 spiro atoms. The molecule has 2 aromatic carbocycles. The lowest BCUT2D eigenvalue weighted by Crippen LogP contribution is -2.55. The topological polar surface area (TPSA) is 101 Å². The lowest BCUT2D eigenvalue weighted by molar-refractivity contribution is -0.147. The Morgan fingerprint density at radius 2 is 1.71 bits per heavy atom. The van der Waals surface area contributed by atoms with Crippen molar-refractivity contribution in [2.24, 2.45) is 0 Å². The van der Waals surface area contributed by atoms with Gasteiger partial charge in [0.25, 0.3) is 0 Å². The molecule has 9 nitrogen and oxygen atoms in total. The summed E-state index contributed by atoms with van der Waals surface area (Å²) in [6, 6.07) is 11.3. The van der Waals surface area contributed by atoms with Crippen LogP contribution in [0.2, 0.25) is 0 Å². The Balaban J connectivity index is 1.54. The summed E-state index contributed by atoms with van der Waals surface area (Å²) in [6.45, 7) is 4.11. The van der Waals surface area contributed by atoms with Gasteiger partial charge in [-0.1, -0.05) is 0 Å². The van der Waals surface area contributed by atoms with Gasteiger partial charge in [0.15, 0.2) is 26.1 Å². The van der Waals surface area contributed by atoms with Crippen LogP contribution >= 0.6 is 0 Å². The van der Waals surface area contributed by atoms with E-state index in [1.54, 1.807) is 44.4 Å². The normalized spacial score (nSPS) is 17.4. The molecule has 0 aromatic heterocycles. The lowest BCUT2D eigenvalue weighted by atomic mass is 9.95. The first-order chi connectivity index (χ1) is 16.4. The van der Waals surface area contributed by atoms with Gasteiger partial charge >= 0.3 is 5.97 Å². The summed E-state index contributed by atoms with van der Waals surface area (Å²) in [5, 5.41) is 0. The maximum Gasteiger partial charge on any atom is 0.327 e. The Morgan fingerprint density at radius 3 is 2.38 bits per heavy atom. The zero-order chi connectivity index (χ0) is 24.2. The van der Waals surface area contributed by atoms with E-state index in [4.69, 9.17) is 23.7 Å². The fraction of sp³-hybridized carbons (Fsp3) is 0.458. The molecule has 0 N–H and O–H groups in total. The van der Waals surface area contributed by atoms with Gasteiger partial charge in [-0.05, 0) is 56.2 Å². The van der Waals surface area contributed by atoms with Crippen molar-refractivity contribution < 1.29 is 36.9 Å². The first-order valence-electron chi connectivity index (χ1n) is 11.2. The predicted molar refractivity (Wildman–Crippen MR) is 123 cm³/mol. The monoisotopic (exact) mass is 491 g/mol. The standard InChI is InChI=1S/C24H29NO8S/c1-3-30-23(26)24(10-12-25(13-11-24)14-15-29-2)34(27,28)20-7-4-18(5-8-20)33-19-6-9-21-22(16-19)32-17-31-21/h4-9,16H,3,10-15,17H2,1-2H3. The van der Waals surface area contributed by atoms with Crippen molar-refractivity contribution in [1.82, 2.24) is 4.90 Å². The highest BCUT2D eigenvalue weighted by Gasteiger charge is 2.54. The van der Waals surface area contributed by atoms with Gasteiger partial charge < -0.3 is 28.6 Å². The molecule has 10 heteroatoms. The number of hydrogen-bond donors (Lipinski definition) is 0. The van der Waals surface area contributed by atoms with E-state index in [0.717, 1.165) is 0 Å². The van der Waals surface area contributed by atoms with Gasteiger partial charge in [0.05, 0.1) is 18.1 Å². The van der Waals surface area contributed by atoms with Crippen LogP contribution < -0.4 is 14.2 Å². The number of ether oxygens (including phenoxy) is 5. The molecule has 0 unspecified atom stereocenters. The second kappa shape index (κ2) is 10.2. The number of methoxy groups -OCH3 is 1. The Hall–Kier alpha value is -2.82. The molecule has 34 heavy (non-hydrogen) atoms. The Morgan fingerprint density at radius 1 is 1.03 bits per heavy atom. The number of carbonyl (C=O) groups excluding carboxylic acids is 1. The lowest BCUT2D eigenvalue weighted by Gasteiger charge is -2.39. The molecular formula is C24H29NO8S. The molecule has 2 aromatic rings. The maximum absolute atomic E-state index is 13.7. The number of nitrogens with zero attached hydrogens (tertiary/aromatic N) is 1. The highest BCUT2D eigenvalue weighted by molar-refractivity contribution is 7.93. The average Bonchev–Trinajstić information content (AvgIpc) is 3.31. The number of fused-ring (bicyclic) bond motifs is 1. The van der Waals surface area contributed by atoms with Gasteiger partial charge in [-0.15, -0.1) is 0 Å². The minimum Gasteiger partial charge on any atom is -0.465 e. The Labute approximate surface area is 199 Å². The highest BCUT2D eigenvalue weighted by atomic mass is 32.2. The quantitative estimate of drug-likeness (QED) is 0.490. The molecule has 0 amide bonds. The van der Waals surface area contributed by atoms with Crippen molar-refractivity contribution in [2.45, 2.75) is 29.4 Å². The van der Waals surface area contributed by atoms with Gasteiger partial charge in [-0.3, -0.25) is 4.79 Å². The van der Waals surface area contributed by atoms with Crippen molar-refractivity contribution in [1.29, 1.82) is 0 Å². The second-order valence-electron chi connectivity index (χ2n) is 8.14. The number of benzene rings is 2. The second-order valence-corrected chi connectivity index (χ2v) is 10.4. The van der Waals surface area contributed by atoms with Gasteiger partial charge in [0.1, 0.15) is 11.5 Å². The predicted octanol–water partition coefficient (Wildman–Crippen LogP) is 3.03. The minimum atomic E-state index is -4.01. The first kappa shape index (κ1) is 24.3. The van der Waals surface area contributed by atoms with Crippen LogP contribution in [0, 0.1) is 0 Å². The molecule has 0 bridgehead atoms. The summed E-state index contributed by atoms with van der Waals surface area (Å²) in [5.41, 5.74) is 0. The molecule has 0 radical (unpaired) electrons. The van der Waals surface area contributed by atoms with Crippen LogP contribution in [0.3, 0.4) is 0 Å². The molecule has 4 rings (SSSR count). The zero-order valence-corrected chi connectivity index (χ0v) is 20.1. The number of hydrogen-bond acceptors (Lipinski definition) is 9. The van der Waals surface area contributed by atoms with Crippen LogP contribution in [0.15, 0.2) is 47.4 Å². The van der Waals surface area contributed by atoms with Crippen molar-refractivity contribution in [3.8, 4) is 23.0 Å². The maximum atomic E-state index is 13.7. The van der Waals surface area contributed by atoms with Crippen molar-refractivity contribution in [3.05, 3.63) is 42.5 Å². The Bertz CT molecular complexity index is 1110. The van der Waals surface area contributed by atoms with Gasteiger partial charge in [-0.2, -0.15) is 0 Å². The SMILES string of the molecule is CCOC(=O)C1(S(=O)(=O)c2ccc(Oc3ccc4c(c3)OCO4)cc2)CCN(CCOC)CC1. The van der Waals surface area contributed by atoms with E-state index in [1.165, 1.54) is 12.1 Å². The molecular weight excluding hydrogens is 462 g/mol. The van der Waals surface area contributed by atoms with Gasteiger partial charge in [0, 0.05) is 32.8 Å². The van der Waals surface area contributed by atoms with E-state index < -0.39 is 20.6 Å². The van der Waals surface area contributed by atoms with E-state index >= 15 is 0 Å². The average molecular weight is 492 g/mol. The van der Waals surface area contributed by atoms with Crippen LogP contribution in [0.1, 0.15) is 19.8 Å². The molecule has 0 aliphatic carbocycles. The van der Waals surface area contributed by atoms with E-state index in [2.05, 4.69) is 4.90 Å². The molecule has 1 saturated heterocycles. The van der Waals surface area contributed by atoms with E-state index in [0.29, 0.717) is 49.2 Å². The third-order valence-electron chi connectivity index (χ3n) is 6.15. The molecule has 0 atom stereocenters. The number of esters is 1. The van der Waals surface area contributed by atoms with Crippen LogP contribution in [-0.4, -0.2) is 70.8 Å². The third kappa shape index (κ3) is 4.70. The number of carbonyl (C=O) groups is 1. The smallest absolute Gasteiger partial charge is 0.327 e. The van der Waals surface area contributed by atoms with E-state index in [1.807, 2.05) is 0 Å². The minimum absolute atomic E-state index is 0.0592. The molecule has 0 saturated carbocycles. The molecule has 2 aliphatic rings. The molecule has 2 heterocycles. The summed E-state index contributed by atoms with van der Waals surface area (Å²) in [4.78, 5) is 15.1.